The quantitative estimate of drug-likeness (QED) is 0.793. The molecule has 0 amide bonds. The minimum absolute atomic E-state index is 0.0987. The van der Waals surface area contributed by atoms with Crippen LogP contribution >= 0.6 is 0 Å². The van der Waals surface area contributed by atoms with Crippen molar-refractivity contribution in [1.29, 1.82) is 0 Å². The lowest BCUT2D eigenvalue weighted by atomic mass is 10.0. The molecule has 0 fully saturated rings. The smallest absolute Gasteiger partial charge is 0.147 e. The first-order chi connectivity index (χ1) is 7.17. The summed E-state index contributed by atoms with van der Waals surface area (Å²) in [6, 6.07) is 7.67. The number of hydrogen-bond acceptors (Lipinski definition) is 3. The van der Waals surface area contributed by atoms with E-state index in [1.165, 1.54) is 0 Å². The summed E-state index contributed by atoms with van der Waals surface area (Å²) in [7, 11) is 3.44. The summed E-state index contributed by atoms with van der Waals surface area (Å²) in [5, 5.41) is 3.00. The molecule has 0 radical (unpaired) electrons. The monoisotopic (exact) mass is 207 g/mol. The third-order valence-corrected chi connectivity index (χ3v) is 2.44. The molecule has 0 aromatic heterocycles. The molecular formula is C12H17NO2. The molecule has 0 heterocycles. The van der Waals surface area contributed by atoms with Crippen LogP contribution in [0.2, 0.25) is 0 Å². The van der Waals surface area contributed by atoms with Crippen molar-refractivity contribution in [3.05, 3.63) is 29.8 Å². The van der Waals surface area contributed by atoms with Crippen LogP contribution in [-0.4, -0.2) is 26.0 Å². The molecule has 0 saturated carbocycles. The van der Waals surface area contributed by atoms with Crippen molar-refractivity contribution in [2.24, 2.45) is 0 Å². The zero-order valence-corrected chi connectivity index (χ0v) is 9.41. The van der Waals surface area contributed by atoms with Gasteiger partial charge in [0, 0.05) is 0 Å². The Morgan fingerprint density at radius 2 is 2.00 bits per heavy atom. The zero-order valence-electron chi connectivity index (χ0n) is 9.41. The summed E-state index contributed by atoms with van der Waals surface area (Å²) in [6.07, 6.45) is 0.718. The SMILES string of the molecule is CNC(Cc1ccc(OC)cc1)C(C)=O. The molecule has 0 aliphatic carbocycles. The van der Waals surface area contributed by atoms with Gasteiger partial charge in [-0.25, -0.2) is 0 Å². The van der Waals surface area contributed by atoms with Gasteiger partial charge in [0.05, 0.1) is 13.2 Å². The van der Waals surface area contributed by atoms with Crippen LogP contribution in [0.25, 0.3) is 0 Å². The molecule has 0 spiro atoms. The Kier molecular flexibility index (Phi) is 4.31. The van der Waals surface area contributed by atoms with Crippen LogP contribution in [0.15, 0.2) is 24.3 Å². The highest BCUT2D eigenvalue weighted by molar-refractivity contribution is 5.81. The van der Waals surface area contributed by atoms with Crippen molar-refractivity contribution < 1.29 is 9.53 Å². The Balaban J connectivity index is 2.67. The normalized spacial score (nSPS) is 12.2. The molecule has 1 aromatic carbocycles. The van der Waals surface area contributed by atoms with E-state index in [1.54, 1.807) is 21.1 Å². The highest BCUT2D eigenvalue weighted by Gasteiger charge is 2.11. The van der Waals surface area contributed by atoms with Crippen molar-refractivity contribution in [3.63, 3.8) is 0 Å². The number of methoxy groups -OCH3 is 1. The fourth-order valence-electron chi connectivity index (χ4n) is 1.45. The molecule has 1 N–H and O–H groups in total. The number of carbonyl (C=O) groups excluding carboxylic acids is 1. The van der Waals surface area contributed by atoms with Crippen molar-refractivity contribution >= 4 is 5.78 Å². The fourth-order valence-corrected chi connectivity index (χ4v) is 1.45. The maximum atomic E-state index is 11.2. The average molecular weight is 207 g/mol. The van der Waals surface area contributed by atoms with Crippen LogP contribution in [0.3, 0.4) is 0 Å². The van der Waals surface area contributed by atoms with Crippen molar-refractivity contribution in [3.8, 4) is 5.75 Å². The van der Waals surface area contributed by atoms with E-state index in [9.17, 15) is 4.79 Å². The lowest BCUT2D eigenvalue weighted by molar-refractivity contribution is -0.118. The van der Waals surface area contributed by atoms with E-state index < -0.39 is 0 Å². The van der Waals surface area contributed by atoms with Gasteiger partial charge in [0.15, 0.2) is 0 Å². The Labute approximate surface area is 90.4 Å². The van der Waals surface area contributed by atoms with E-state index in [0.29, 0.717) is 0 Å². The van der Waals surface area contributed by atoms with Crippen LogP contribution in [0.4, 0.5) is 0 Å². The molecule has 0 saturated heterocycles. The number of nitrogens with one attached hydrogen (secondary N) is 1. The summed E-state index contributed by atoms with van der Waals surface area (Å²) in [5.74, 6) is 0.996. The van der Waals surface area contributed by atoms with Gasteiger partial charge in [-0.15, -0.1) is 0 Å². The Morgan fingerprint density at radius 1 is 1.40 bits per heavy atom. The molecule has 0 aliphatic rings. The molecule has 3 heteroatoms. The van der Waals surface area contributed by atoms with E-state index in [0.717, 1.165) is 17.7 Å². The van der Waals surface area contributed by atoms with E-state index in [4.69, 9.17) is 4.74 Å². The summed E-state index contributed by atoms with van der Waals surface area (Å²) in [4.78, 5) is 11.2. The van der Waals surface area contributed by atoms with Crippen molar-refractivity contribution in [2.75, 3.05) is 14.2 Å². The minimum atomic E-state index is -0.0987. The predicted octanol–water partition coefficient (Wildman–Crippen LogP) is 1.41. The molecular weight excluding hydrogens is 190 g/mol. The first-order valence-corrected chi connectivity index (χ1v) is 4.98. The van der Waals surface area contributed by atoms with Crippen molar-refractivity contribution in [2.45, 2.75) is 19.4 Å². The van der Waals surface area contributed by atoms with Gasteiger partial charge in [0.2, 0.25) is 0 Å². The molecule has 1 unspecified atom stereocenters. The molecule has 82 valence electrons. The summed E-state index contributed by atoms with van der Waals surface area (Å²) >= 11 is 0. The molecule has 0 aliphatic heterocycles. The Bertz CT molecular complexity index is 319. The largest absolute Gasteiger partial charge is 0.497 e. The number of hydrogen-bond donors (Lipinski definition) is 1. The third-order valence-electron chi connectivity index (χ3n) is 2.44. The fraction of sp³-hybridized carbons (Fsp3) is 0.417. The number of benzene rings is 1. The number of ether oxygens (including phenoxy) is 1. The molecule has 1 rings (SSSR count). The minimum Gasteiger partial charge on any atom is -0.497 e. The predicted molar refractivity (Wildman–Crippen MR) is 60.2 cm³/mol. The summed E-state index contributed by atoms with van der Waals surface area (Å²) in [6.45, 7) is 1.60. The van der Waals surface area contributed by atoms with Crippen LogP contribution in [0, 0.1) is 0 Å². The summed E-state index contributed by atoms with van der Waals surface area (Å²) < 4.78 is 5.07. The van der Waals surface area contributed by atoms with Gasteiger partial charge in [-0.05, 0) is 38.1 Å². The highest BCUT2D eigenvalue weighted by Crippen LogP contribution is 2.12. The van der Waals surface area contributed by atoms with Crippen molar-refractivity contribution in [1.82, 2.24) is 5.32 Å². The summed E-state index contributed by atoms with van der Waals surface area (Å²) in [5.41, 5.74) is 1.13. The topological polar surface area (TPSA) is 38.3 Å². The second kappa shape index (κ2) is 5.51. The maximum Gasteiger partial charge on any atom is 0.147 e. The second-order valence-corrected chi connectivity index (χ2v) is 3.50. The molecule has 1 aromatic rings. The maximum absolute atomic E-state index is 11.2. The lowest BCUT2D eigenvalue weighted by Crippen LogP contribution is -2.34. The first kappa shape index (κ1) is 11.7. The van der Waals surface area contributed by atoms with E-state index >= 15 is 0 Å². The van der Waals surface area contributed by atoms with Crippen LogP contribution in [-0.2, 0) is 11.2 Å². The van der Waals surface area contributed by atoms with E-state index in [-0.39, 0.29) is 11.8 Å². The molecule has 3 nitrogen and oxygen atoms in total. The number of ketones is 1. The molecule has 1 atom stereocenters. The van der Waals surface area contributed by atoms with Gasteiger partial charge >= 0.3 is 0 Å². The number of carbonyl (C=O) groups is 1. The third kappa shape index (κ3) is 3.36. The van der Waals surface area contributed by atoms with Gasteiger partial charge in [-0.1, -0.05) is 12.1 Å². The van der Waals surface area contributed by atoms with E-state index in [1.807, 2.05) is 24.3 Å². The van der Waals surface area contributed by atoms with Gasteiger partial charge in [-0.2, -0.15) is 0 Å². The highest BCUT2D eigenvalue weighted by atomic mass is 16.5. The van der Waals surface area contributed by atoms with Crippen LogP contribution < -0.4 is 10.1 Å². The zero-order chi connectivity index (χ0) is 11.3. The van der Waals surface area contributed by atoms with Gasteiger partial charge in [0.25, 0.3) is 0 Å². The first-order valence-electron chi connectivity index (χ1n) is 4.98. The molecule has 0 bridgehead atoms. The van der Waals surface area contributed by atoms with Gasteiger partial charge in [-0.3, -0.25) is 4.79 Å². The standard InChI is InChI=1S/C12H17NO2/c1-9(14)12(13-2)8-10-4-6-11(15-3)7-5-10/h4-7,12-13H,8H2,1-3H3. The van der Waals surface area contributed by atoms with Crippen LogP contribution in [0.1, 0.15) is 12.5 Å². The number of likely N-dealkylation sites (N-methyl/N-ethyl adjacent to an activating group) is 1. The number of rotatable bonds is 5. The Morgan fingerprint density at radius 3 is 2.40 bits per heavy atom. The van der Waals surface area contributed by atoms with Crippen LogP contribution in [0.5, 0.6) is 5.75 Å². The number of Topliss-reactive ketones (excluding diaryl/α,β-unsaturated/α-hetero) is 1. The molecule has 15 heavy (non-hydrogen) atoms. The second-order valence-electron chi connectivity index (χ2n) is 3.50. The Hall–Kier alpha value is -1.35. The van der Waals surface area contributed by atoms with Gasteiger partial charge < -0.3 is 10.1 Å². The van der Waals surface area contributed by atoms with Gasteiger partial charge in [0.1, 0.15) is 11.5 Å². The average Bonchev–Trinajstić information content (AvgIpc) is 2.26. The van der Waals surface area contributed by atoms with E-state index in [2.05, 4.69) is 5.32 Å². The lowest BCUT2D eigenvalue weighted by Gasteiger charge is -2.12.